The number of nitrogens with zero attached hydrogens (tertiary/aromatic N) is 1. The number of amides is 1. The van der Waals surface area contributed by atoms with E-state index in [0.717, 1.165) is 29.3 Å². The topological polar surface area (TPSA) is 69.6 Å². The molecule has 132 valence electrons. The molecular weight excluding hydrogens is 348 g/mol. The van der Waals surface area contributed by atoms with Crippen molar-refractivity contribution < 1.29 is 14.7 Å². The van der Waals surface area contributed by atoms with Gasteiger partial charge in [-0.1, -0.05) is 11.6 Å². The van der Waals surface area contributed by atoms with Crippen LogP contribution in [0.5, 0.6) is 0 Å². The maximum Gasteiger partial charge on any atom is 0.317 e. The van der Waals surface area contributed by atoms with Gasteiger partial charge in [-0.05, 0) is 44.1 Å². The third-order valence-electron chi connectivity index (χ3n) is 4.74. The van der Waals surface area contributed by atoms with Gasteiger partial charge in [0, 0.05) is 35.3 Å². The molecule has 2 fully saturated rings. The molecular formula is C17H23ClN2O3S. The van der Waals surface area contributed by atoms with E-state index in [9.17, 15) is 9.59 Å². The Morgan fingerprint density at radius 3 is 2.71 bits per heavy atom. The fourth-order valence-electron chi connectivity index (χ4n) is 3.17. The van der Waals surface area contributed by atoms with Crippen LogP contribution in [0.1, 0.15) is 37.0 Å². The summed E-state index contributed by atoms with van der Waals surface area (Å²) in [6.07, 6.45) is 5.34. The largest absolute Gasteiger partial charge is 0.480 e. The van der Waals surface area contributed by atoms with Crippen molar-refractivity contribution in [3.05, 3.63) is 21.3 Å². The first-order valence-electron chi connectivity index (χ1n) is 8.47. The summed E-state index contributed by atoms with van der Waals surface area (Å²) in [5, 5.41) is 14.7. The molecule has 2 saturated carbocycles. The molecule has 2 aliphatic rings. The molecule has 0 spiro atoms. The van der Waals surface area contributed by atoms with Crippen LogP contribution in [0.25, 0.3) is 0 Å². The molecule has 1 amide bonds. The normalized spacial score (nSPS) is 23.1. The van der Waals surface area contributed by atoms with Gasteiger partial charge in [-0.3, -0.25) is 14.5 Å². The molecule has 24 heavy (non-hydrogen) atoms. The zero-order valence-corrected chi connectivity index (χ0v) is 15.1. The van der Waals surface area contributed by atoms with E-state index in [2.05, 4.69) is 10.2 Å². The van der Waals surface area contributed by atoms with Crippen LogP contribution in [0.4, 0.5) is 0 Å². The second kappa shape index (κ2) is 7.85. The summed E-state index contributed by atoms with van der Waals surface area (Å²) in [7, 11) is 0. The minimum absolute atomic E-state index is 0.0648. The zero-order chi connectivity index (χ0) is 17.1. The molecule has 0 unspecified atom stereocenters. The summed E-state index contributed by atoms with van der Waals surface area (Å²) in [5.41, 5.74) is 0. The van der Waals surface area contributed by atoms with Crippen LogP contribution in [0.15, 0.2) is 11.4 Å². The number of halogens is 1. The quantitative estimate of drug-likeness (QED) is 0.701. The molecule has 2 N–H and O–H groups in total. The number of aryl methyl sites for hydroxylation is 1. The summed E-state index contributed by atoms with van der Waals surface area (Å²) < 4.78 is 0. The van der Waals surface area contributed by atoms with Crippen molar-refractivity contribution in [1.29, 1.82) is 0 Å². The van der Waals surface area contributed by atoms with Crippen LogP contribution < -0.4 is 5.32 Å². The maximum absolute atomic E-state index is 12.0. The number of hydrogen-bond donors (Lipinski definition) is 2. The van der Waals surface area contributed by atoms with E-state index in [-0.39, 0.29) is 18.5 Å². The van der Waals surface area contributed by atoms with Crippen molar-refractivity contribution in [3.63, 3.8) is 0 Å². The van der Waals surface area contributed by atoms with E-state index in [1.54, 1.807) is 11.3 Å². The van der Waals surface area contributed by atoms with Gasteiger partial charge in [0.05, 0.1) is 11.6 Å². The van der Waals surface area contributed by atoms with Gasteiger partial charge in [-0.2, -0.15) is 0 Å². The molecule has 7 heteroatoms. The van der Waals surface area contributed by atoms with Crippen molar-refractivity contribution >= 4 is 34.8 Å². The molecule has 0 aromatic carbocycles. The van der Waals surface area contributed by atoms with Gasteiger partial charge in [-0.15, -0.1) is 11.3 Å². The number of carbonyl (C=O) groups excluding carboxylic acids is 1. The fourth-order valence-corrected chi connectivity index (χ4v) is 4.25. The van der Waals surface area contributed by atoms with Crippen LogP contribution in [0, 0.1) is 5.92 Å². The van der Waals surface area contributed by atoms with Crippen molar-refractivity contribution in [2.24, 2.45) is 5.92 Å². The molecule has 0 bridgehead atoms. The van der Waals surface area contributed by atoms with Crippen molar-refractivity contribution in [3.8, 4) is 0 Å². The standard InChI is InChI=1S/C17H23ClN2O3S/c18-12-5-15(24-10-12)3-4-16(21)19-13-6-14(7-13)20(9-17(22)23)8-11-1-2-11/h5,10-11,13-14H,1-4,6-9H2,(H,19,21)(H,22,23). The molecule has 1 aromatic heterocycles. The highest BCUT2D eigenvalue weighted by Crippen LogP contribution is 2.33. The second-order valence-electron chi connectivity index (χ2n) is 6.89. The van der Waals surface area contributed by atoms with Crippen LogP contribution in [-0.2, 0) is 16.0 Å². The molecule has 0 aliphatic heterocycles. The minimum Gasteiger partial charge on any atom is -0.480 e. The number of carboxylic acid groups (broad SMARTS) is 1. The van der Waals surface area contributed by atoms with E-state index in [1.165, 1.54) is 12.8 Å². The summed E-state index contributed by atoms with van der Waals surface area (Å²) in [6.45, 7) is 0.998. The van der Waals surface area contributed by atoms with Crippen LogP contribution in [0.2, 0.25) is 5.02 Å². The number of aliphatic carboxylic acids is 1. The van der Waals surface area contributed by atoms with E-state index in [4.69, 9.17) is 16.7 Å². The van der Waals surface area contributed by atoms with Crippen molar-refractivity contribution in [2.45, 2.75) is 50.6 Å². The Labute approximate surface area is 151 Å². The van der Waals surface area contributed by atoms with E-state index in [1.807, 2.05) is 11.4 Å². The molecule has 3 rings (SSSR count). The Hall–Kier alpha value is -1.11. The molecule has 2 aliphatic carbocycles. The maximum atomic E-state index is 12.0. The number of thiophene rings is 1. The van der Waals surface area contributed by atoms with E-state index < -0.39 is 5.97 Å². The highest BCUT2D eigenvalue weighted by atomic mass is 35.5. The molecule has 5 nitrogen and oxygen atoms in total. The first kappa shape index (κ1) is 17.7. The highest BCUT2D eigenvalue weighted by molar-refractivity contribution is 7.10. The lowest BCUT2D eigenvalue weighted by Crippen LogP contribution is -2.55. The predicted molar refractivity (Wildman–Crippen MR) is 94.5 cm³/mol. The van der Waals surface area contributed by atoms with Gasteiger partial charge in [0.1, 0.15) is 0 Å². The van der Waals surface area contributed by atoms with Crippen LogP contribution >= 0.6 is 22.9 Å². The lowest BCUT2D eigenvalue weighted by Gasteiger charge is -2.42. The van der Waals surface area contributed by atoms with Gasteiger partial charge < -0.3 is 10.4 Å². The average molecular weight is 371 g/mol. The predicted octanol–water partition coefficient (Wildman–Crippen LogP) is 2.78. The Morgan fingerprint density at radius 1 is 1.38 bits per heavy atom. The molecule has 1 aromatic rings. The van der Waals surface area contributed by atoms with Gasteiger partial charge >= 0.3 is 5.97 Å². The Morgan fingerprint density at radius 2 is 2.12 bits per heavy atom. The smallest absolute Gasteiger partial charge is 0.317 e. The highest BCUT2D eigenvalue weighted by Gasteiger charge is 2.37. The Bertz CT molecular complexity index is 596. The van der Waals surface area contributed by atoms with E-state index in [0.29, 0.717) is 24.8 Å². The SMILES string of the molecule is O=C(O)CN(CC1CC1)C1CC(NC(=O)CCc2cc(Cl)cs2)C1. The second-order valence-corrected chi connectivity index (χ2v) is 8.32. The van der Waals surface area contributed by atoms with Gasteiger partial charge in [0.15, 0.2) is 0 Å². The monoisotopic (exact) mass is 370 g/mol. The van der Waals surface area contributed by atoms with Gasteiger partial charge in [0.2, 0.25) is 5.91 Å². The fraction of sp³-hybridized carbons (Fsp3) is 0.647. The summed E-state index contributed by atoms with van der Waals surface area (Å²) >= 11 is 7.45. The molecule has 0 radical (unpaired) electrons. The summed E-state index contributed by atoms with van der Waals surface area (Å²) in [5.74, 6) is -0.0247. The molecule has 0 saturated heterocycles. The zero-order valence-electron chi connectivity index (χ0n) is 13.5. The Balaban J connectivity index is 1.37. The minimum atomic E-state index is -0.766. The van der Waals surface area contributed by atoms with Crippen molar-refractivity contribution in [1.82, 2.24) is 10.2 Å². The number of nitrogens with one attached hydrogen (secondary N) is 1. The number of carboxylic acids is 1. The van der Waals surface area contributed by atoms with Gasteiger partial charge in [-0.25, -0.2) is 0 Å². The first-order chi connectivity index (χ1) is 11.5. The lowest BCUT2D eigenvalue weighted by atomic mass is 9.85. The van der Waals surface area contributed by atoms with Crippen LogP contribution in [-0.4, -0.2) is 47.1 Å². The van der Waals surface area contributed by atoms with Gasteiger partial charge in [0.25, 0.3) is 0 Å². The number of rotatable bonds is 9. The Kier molecular flexibility index (Phi) is 5.79. The first-order valence-corrected chi connectivity index (χ1v) is 9.73. The number of carbonyl (C=O) groups is 2. The van der Waals surface area contributed by atoms with Crippen molar-refractivity contribution in [2.75, 3.05) is 13.1 Å². The summed E-state index contributed by atoms with van der Waals surface area (Å²) in [6, 6.07) is 2.38. The number of hydrogen-bond acceptors (Lipinski definition) is 4. The third-order valence-corrected chi connectivity index (χ3v) is 6.09. The lowest BCUT2D eigenvalue weighted by molar-refractivity contribution is -0.140. The molecule has 1 heterocycles. The summed E-state index contributed by atoms with van der Waals surface area (Å²) in [4.78, 5) is 26.2. The average Bonchev–Trinajstić information content (AvgIpc) is 3.19. The van der Waals surface area contributed by atoms with Crippen LogP contribution in [0.3, 0.4) is 0 Å². The molecule has 0 atom stereocenters. The van der Waals surface area contributed by atoms with E-state index >= 15 is 0 Å². The third kappa shape index (κ3) is 5.19.